The molecule has 0 aliphatic carbocycles. The van der Waals surface area contributed by atoms with E-state index in [1.165, 1.54) is 4.68 Å². The molecule has 4 nitrogen and oxygen atoms in total. The Labute approximate surface area is 98.6 Å². The average Bonchev–Trinajstić information content (AvgIpc) is 2.27. The molecule has 0 fully saturated rings. The minimum atomic E-state index is -3.81. The molecule has 1 rings (SSSR count). The van der Waals surface area contributed by atoms with Crippen LogP contribution >= 0.6 is 22.3 Å². The lowest BCUT2D eigenvalue weighted by Crippen LogP contribution is -2.16. The van der Waals surface area contributed by atoms with Crippen molar-refractivity contribution in [3.63, 3.8) is 0 Å². The standard InChI is InChI=1S/C8H12Cl2N2O2S/c1-8(2,3)5-12-7(9)6(4-11-12)15(10,13)14/h4H,5H2,1-3H3. The van der Waals surface area contributed by atoms with Gasteiger partial charge in [-0.15, -0.1) is 0 Å². The Morgan fingerprint density at radius 3 is 2.33 bits per heavy atom. The maximum Gasteiger partial charge on any atom is 0.265 e. The smallest absolute Gasteiger partial charge is 0.252 e. The second-order valence-corrected chi connectivity index (χ2v) is 7.35. The third-order valence-corrected chi connectivity index (χ3v) is 3.46. The Bertz CT molecular complexity index is 459. The van der Waals surface area contributed by atoms with E-state index in [0.717, 1.165) is 6.20 Å². The second-order valence-electron chi connectivity index (χ2n) is 4.46. The molecule has 1 aromatic rings. The topological polar surface area (TPSA) is 52.0 Å². The Morgan fingerprint density at radius 1 is 1.47 bits per heavy atom. The van der Waals surface area contributed by atoms with E-state index in [9.17, 15) is 8.42 Å². The zero-order chi connectivity index (χ0) is 11.9. The second kappa shape index (κ2) is 3.96. The third kappa shape index (κ3) is 3.36. The van der Waals surface area contributed by atoms with Crippen LogP contribution in [0.25, 0.3) is 0 Å². The van der Waals surface area contributed by atoms with Gasteiger partial charge < -0.3 is 0 Å². The first-order valence-electron chi connectivity index (χ1n) is 4.27. The van der Waals surface area contributed by atoms with Gasteiger partial charge in [0.15, 0.2) is 0 Å². The largest absolute Gasteiger partial charge is 0.265 e. The highest BCUT2D eigenvalue weighted by Crippen LogP contribution is 2.26. The van der Waals surface area contributed by atoms with Crippen LogP contribution in [0.3, 0.4) is 0 Å². The van der Waals surface area contributed by atoms with Crippen LogP contribution in [0.5, 0.6) is 0 Å². The molecular weight excluding hydrogens is 259 g/mol. The minimum Gasteiger partial charge on any atom is -0.252 e. The SMILES string of the molecule is CC(C)(C)Cn1ncc(S(=O)(=O)Cl)c1Cl. The molecule has 0 radical (unpaired) electrons. The highest BCUT2D eigenvalue weighted by Gasteiger charge is 2.22. The van der Waals surface area contributed by atoms with Crippen molar-refractivity contribution in [1.29, 1.82) is 0 Å². The fourth-order valence-electron chi connectivity index (χ4n) is 1.08. The zero-order valence-electron chi connectivity index (χ0n) is 8.66. The van der Waals surface area contributed by atoms with E-state index in [1.54, 1.807) is 0 Å². The van der Waals surface area contributed by atoms with Gasteiger partial charge in [0.1, 0.15) is 10.0 Å². The van der Waals surface area contributed by atoms with Crippen molar-refractivity contribution < 1.29 is 8.42 Å². The molecule has 0 aromatic carbocycles. The predicted octanol–water partition coefficient (Wildman–Crippen LogP) is 2.51. The lowest BCUT2D eigenvalue weighted by Gasteiger charge is -2.18. The number of halogens is 2. The van der Waals surface area contributed by atoms with Gasteiger partial charge in [-0.2, -0.15) is 5.10 Å². The first kappa shape index (κ1) is 12.8. The molecule has 0 aliphatic heterocycles. The van der Waals surface area contributed by atoms with Gasteiger partial charge in [0.25, 0.3) is 9.05 Å². The number of rotatable bonds is 2. The van der Waals surface area contributed by atoms with Crippen LogP contribution in [0.4, 0.5) is 0 Å². The molecule has 0 saturated heterocycles. The number of hydrogen-bond donors (Lipinski definition) is 0. The van der Waals surface area contributed by atoms with E-state index in [4.69, 9.17) is 22.3 Å². The minimum absolute atomic E-state index is 0.0387. The molecule has 0 aliphatic rings. The molecule has 0 atom stereocenters. The van der Waals surface area contributed by atoms with Crippen molar-refractivity contribution >= 4 is 31.3 Å². The number of aromatic nitrogens is 2. The van der Waals surface area contributed by atoms with Crippen LogP contribution in [0.2, 0.25) is 5.15 Å². The number of nitrogens with zero attached hydrogens (tertiary/aromatic N) is 2. The summed E-state index contributed by atoms with van der Waals surface area (Å²) in [6, 6.07) is 0. The quantitative estimate of drug-likeness (QED) is 0.776. The van der Waals surface area contributed by atoms with Gasteiger partial charge in [-0.25, -0.2) is 8.42 Å². The van der Waals surface area contributed by atoms with Gasteiger partial charge in [0.05, 0.1) is 6.20 Å². The van der Waals surface area contributed by atoms with Gasteiger partial charge in [0.2, 0.25) is 0 Å². The van der Waals surface area contributed by atoms with Gasteiger partial charge in [-0.1, -0.05) is 32.4 Å². The summed E-state index contributed by atoms with van der Waals surface area (Å²) < 4.78 is 23.5. The molecule has 86 valence electrons. The summed E-state index contributed by atoms with van der Waals surface area (Å²) in [5.41, 5.74) is -0.0387. The first-order chi connectivity index (χ1) is 6.61. The van der Waals surface area contributed by atoms with Crippen LogP contribution in [0, 0.1) is 5.41 Å². The molecule has 0 amide bonds. The molecule has 7 heteroatoms. The van der Waals surface area contributed by atoms with E-state index in [1.807, 2.05) is 20.8 Å². The molecule has 0 saturated carbocycles. The van der Waals surface area contributed by atoms with Crippen molar-refractivity contribution in [3.8, 4) is 0 Å². The van der Waals surface area contributed by atoms with E-state index >= 15 is 0 Å². The summed E-state index contributed by atoms with van der Waals surface area (Å²) in [5, 5.41) is 3.94. The molecular formula is C8H12Cl2N2O2S. The highest BCUT2D eigenvalue weighted by molar-refractivity contribution is 8.13. The lowest BCUT2D eigenvalue weighted by molar-refractivity contribution is 0.325. The van der Waals surface area contributed by atoms with Gasteiger partial charge in [-0.05, 0) is 5.41 Å². The highest BCUT2D eigenvalue weighted by atomic mass is 35.7. The molecule has 1 aromatic heterocycles. The molecule has 0 spiro atoms. The fourth-order valence-corrected chi connectivity index (χ4v) is 2.47. The third-order valence-electron chi connectivity index (χ3n) is 1.63. The Balaban J connectivity index is 3.11. The fraction of sp³-hybridized carbons (Fsp3) is 0.625. The van der Waals surface area contributed by atoms with Crippen molar-refractivity contribution in [2.24, 2.45) is 5.41 Å². The number of hydrogen-bond acceptors (Lipinski definition) is 3. The van der Waals surface area contributed by atoms with E-state index in [2.05, 4.69) is 5.10 Å². The van der Waals surface area contributed by atoms with Gasteiger partial charge in [0, 0.05) is 17.2 Å². The van der Waals surface area contributed by atoms with Crippen LogP contribution in [-0.2, 0) is 15.6 Å². The average molecular weight is 271 g/mol. The van der Waals surface area contributed by atoms with Crippen molar-refractivity contribution in [1.82, 2.24) is 9.78 Å². The Hall–Kier alpha value is -0.260. The van der Waals surface area contributed by atoms with E-state index in [-0.39, 0.29) is 15.5 Å². The van der Waals surface area contributed by atoms with E-state index in [0.29, 0.717) is 6.54 Å². The summed E-state index contributed by atoms with van der Waals surface area (Å²) in [6.07, 6.45) is 1.16. The lowest BCUT2D eigenvalue weighted by atomic mass is 9.97. The summed E-state index contributed by atoms with van der Waals surface area (Å²) >= 11 is 5.85. The van der Waals surface area contributed by atoms with Crippen molar-refractivity contribution in [2.75, 3.05) is 0 Å². The summed E-state index contributed by atoms with van der Waals surface area (Å²) in [5.74, 6) is 0. The van der Waals surface area contributed by atoms with Crippen LogP contribution in [0.15, 0.2) is 11.1 Å². The van der Waals surface area contributed by atoms with Crippen LogP contribution < -0.4 is 0 Å². The van der Waals surface area contributed by atoms with Gasteiger partial charge in [-0.3, -0.25) is 4.68 Å². The Morgan fingerprint density at radius 2 is 2.00 bits per heavy atom. The summed E-state index contributed by atoms with van der Waals surface area (Å²) in [4.78, 5) is -0.143. The maximum absolute atomic E-state index is 11.1. The predicted molar refractivity (Wildman–Crippen MR) is 59.7 cm³/mol. The monoisotopic (exact) mass is 270 g/mol. The molecule has 0 unspecified atom stereocenters. The van der Waals surface area contributed by atoms with Gasteiger partial charge >= 0.3 is 0 Å². The summed E-state index contributed by atoms with van der Waals surface area (Å²) in [6.45, 7) is 6.53. The zero-order valence-corrected chi connectivity index (χ0v) is 11.0. The van der Waals surface area contributed by atoms with E-state index < -0.39 is 9.05 Å². The molecule has 0 bridgehead atoms. The maximum atomic E-state index is 11.1. The Kier molecular flexibility index (Phi) is 3.38. The molecule has 15 heavy (non-hydrogen) atoms. The normalized spacial score (nSPS) is 13.1. The molecule has 1 heterocycles. The molecule has 0 N–H and O–H groups in total. The summed E-state index contributed by atoms with van der Waals surface area (Å²) in [7, 11) is 1.37. The van der Waals surface area contributed by atoms with Crippen LogP contribution in [0.1, 0.15) is 20.8 Å². The first-order valence-corrected chi connectivity index (χ1v) is 6.96. The van der Waals surface area contributed by atoms with Crippen molar-refractivity contribution in [2.45, 2.75) is 32.2 Å². The van der Waals surface area contributed by atoms with Crippen LogP contribution in [-0.4, -0.2) is 18.2 Å². The van der Waals surface area contributed by atoms with Crippen molar-refractivity contribution in [3.05, 3.63) is 11.3 Å².